The van der Waals surface area contributed by atoms with Crippen LogP contribution in [-0.4, -0.2) is 22.2 Å². The van der Waals surface area contributed by atoms with E-state index in [1.54, 1.807) is 22.9 Å². The molecule has 6 heteroatoms. The van der Waals surface area contributed by atoms with E-state index in [1.807, 2.05) is 13.0 Å². The van der Waals surface area contributed by atoms with Crippen molar-refractivity contribution in [3.63, 3.8) is 0 Å². The summed E-state index contributed by atoms with van der Waals surface area (Å²) in [5, 5.41) is 7.88. The van der Waals surface area contributed by atoms with E-state index in [0.29, 0.717) is 28.6 Å². The quantitative estimate of drug-likeness (QED) is 0.784. The van der Waals surface area contributed by atoms with Crippen LogP contribution >= 0.6 is 11.6 Å². The van der Waals surface area contributed by atoms with E-state index in [0.717, 1.165) is 5.56 Å². The predicted molar refractivity (Wildman–Crippen MR) is 74.1 cm³/mol. The van der Waals surface area contributed by atoms with E-state index >= 15 is 0 Å². The molecule has 0 bridgehead atoms. The maximum atomic E-state index is 11.8. The number of carbonyl (C=O) groups is 1. The summed E-state index contributed by atoms with van der Waals surface area (Å²) in [4.78, 5) is 11.8. The fourth-order valence-electron chi connectivity index (χ4n) is 2.22. The van der Waals surface area contributed by atoms with Crippen LogP contribution in [0.25, 0.3) is 11.3 Å². The smallest absolute Gasteiger partial charge is 0.269 e. The van der Waals surface area contributed by atoms with Gasteiger partial charge in [0.2, 0.25) is 0 Å². The normalized spacial score (nSPS) is 18.0. The lowest BCUT2D eigenvalue weighted by molar-refractivity contribution is 0.0912. The van der Waals surface area contributed by atoms with Gasteiger partial charge in [0.1, 0.15) is 5.69 Å². The lowest BCUT2D eigenvalue weighted by Crippen LogP contribution is -2.38. The predicted octanol–water partition coefficient (Wildman–Crippen LogP) is 2.09. The summed E-state index contributed by atoms with van der Waals surface area (Å²) in [6.45, 7) is 2.59. The van der Waals surface area contributed by atoms with Gasteiger partial charge in [0.15, 0.2) is 0 Å². The number of carbonyl (C=O) groups excluding carboxylic acids is 1. The second-order valence-corrected chi connectivity index (χ2v) is 5.09. The molecule has 1 amide bonds. The number of hydrogen-bond acceptors (Lipinski definition) is 3. The van der Waals surface area contributed by atoms with E-state index in [9.17, 15) is 4.79 Å². The molecule has 19 heavy (non-hydrogen) atoms. The Balaban J connectivity index is 2.12. The van der Waals surface area contributed by atoms with E-state index in [-0.39, 0.29) is 11.9 Å². The monoisotopic (exact) mass is 276 g/mol. The van der Waals surface area contributed by atoms with Crippen molar-refractivity contribution in [2.45, 2.75) is 13.0 Å². The SMILES string of the molecule is C[C@H]1CNC(=O)c2cc(-c3ccc(Cl)cc3N)nn21. The minimum Gasteiger partial charge on any atom is -0.398 e. The van der Waals surface area contributed by atoms with Gasteiger partial charge in [-0.05, 0) is 31.2 Å². The molecule has 3 rings (SSSR count). The van der Waals surface area contributed by atoms with Crippen LogP contribution in [0.4, 0.5) is 5.69 Å². The van der Waals surface area contributed by atoms with Crippen LogP contribution in [0.3, 0.4) is 0 Å². The fraction of sp³-hybridized carbons (Fsp3) is 0.231. The van der Waals surface area contributed by atoms with Crippen molar-refractivity contribution < 1.29 is 4.79 Å². The van der Waals surface area contributed by atoms with Crippen LogP contribution in [0.15, 0.2) is 24.3 Å². The molecule has 0 aliphatic carbocycles. The molecule has 0 fully saturated rings. The Morgan fingerprint density at radius 1 is 1.47 bits per heavy atom. The molecule has 1 aliphatic rings. The largest absolute Gasteiger partial charge is 0.398 e. The third-order valence-electron chi connectivity index (χ3n) is 3.23. The zero-order valence-corrected chi connectivity index (χ0v) is 11.1. The van der Waals surface area contributed by atoms with Crippen LogP contribution in [0.2, 0.25) is 5.02 Å². The number of nitrogens with one attached hydrogen (secondary N) is 1. The van der Waals surface area contributed by atoms with Gasteiger partial charge in [0, 0.05) is 22.8 Å². The molecule has 2 aromatic rings. The molecular weight excluding hydrogens is 264 g/mol. The average Bonchev–Trinajstić information content (AvgIpc) is 2.80. The second-order valence-electron chi connectivity index (χ2n) is 4.65. The van der Waals surface area contributed by atoms with Gasteiger partial charge in [-0.1, -0.05) is 11.6 Å². The lowest BCUT2D eigenvalue weighted by Gasteiger charge is -2.20. The molecule has 0 radical (unpaired) electrons. The van der Waals surface area contributed by atoms with Crippen molar-refractivity contribution in [2.75, 3.05) is 12.3 Å². The summed E-state index contributed by atoms with van der Waals surface area (Å²) in [5.41, 5.74) is 8.53. The number of fused-ring (bicyclic) bond motifs is 1. The number of aromatic nitrogens is 2. The molecule has 1 atom stereocenters. The first-order chi connectivity index (χ1) is 9.06. The Bertz CT molecular complexity index is 665. The highest BCUT2D eigenvalue weighted by Gasteiger charge is 2.24. The Labute approximate surface area is 115 Å². The van der Waals surface area contributed by atoms with E-state index in [2.05, 4.69) is 10.4 Å². The highest BCUT2D eigenvalue weighted by molar-refractivity contribution is 6.31. The summed E-state index contributed by atoms with van der Waals surface area (Å²) in [7, 11) is 0. The van der Waals surface area contributed by atoms with E-state index in [4.69, 9.17) is 17.3 Å². The van der Waals surface area contributed by atoms with Gasteiger partial charge in [0.05, 0.1) is 11.7 Å². The van der Waals surface area contributed by atoms with Crippen molar-refractivity contribution in [3.05, 3.63) is 35.0 Å². The van der Waals surface area contributed by atoms with Crippen molar-refractivity contribution in [3.8, 4) is 11.3 Å². The molecule has 2 heterocycles. The number of anilines is 1. The first kappa shape index (κ1) is 12.0. The molecule has 1 aliphatic heterocycles. The van der Waals surface area contributed by atoms with Gasteiger partial charge in [-0.3, -0.25) is 9.48 Å². The molecule has 3 N–H and O–H groups in total. The number of halogens is 1. The summed E-state index contributed by atoms with van der Waals surface area (Å²) in [6, 6.07) is 7.14. The number of nitrogens with zero attached hydrogens (tertiary/aromatic N) is 2. The number of benzene rings is 1. The zero-order chi connectivity index (χ0) is 13.6. The molecule has 1 aromatic carbocycles. The molecule has 1 aromatic heterocycles. The molecule has 98 valence electrons. The van der Waals surface area contributed by atoms with Crippen molar-refractivity contribution in [1.82, 2.24) is 15.1 Å². The molecule has 0 spiro atoms. The van der Waals surface area contributed by atoms with Crippen molar-refractivity contribution in [1.29, 1.82) is 0 Å². The first-order valence-electron chi connectivity index (χ1n) is 5.99. The van der Waals surface area contributed by atoms with Gasteiger partial charge in [-0.25, -0.2) is 0 Å². The molecule has 0 saturated carbocycles. The van der Waals surface area contributed by atoms with Gasteiger partial charge in [-0.2, -0.15) is 5.10 Å². The molecule has 0 saturated heterocycles. The Kier molecular flexibility index (Phi) is 2.71. The minimum absolute atomic E-state index is 0.107. The van der Waals surface area contributed by atoms with Crippen LogP contribution in [0.1, 0.15) is 23.5 Å². The van der Waals surface area contributed by atoms with Gasteiger partial charge in [-0.15, -0.1) is 0 Å². The number of nitrogen functional groups attached to an aromatic ring is 1. The average molecular weight is 277 g/mol. The van der Waals surface area contributed by atoms with Crippen LogP contribution in [0, 0.1) is 0 Å². The highest BCUT2D eigenvalue weighted by Crippen LogP contribution is 2.29. The van der Waals surface area contributed by atoms with Gasteiger partial charge in [0.25, 0.3) is 5.91 Å². The first-order valence-corrected chi connectivity index (χ1v) is 6.37. The standard InChI is InChI=1S/C13H13ClN4O/c1-7-6-16-13(19)12-5-11(17-18(7)12)9-3-2-8(14)4-10(9)15/h2-5,7H,6,15H2,1H3,(H,16,19)/t7-/m0/s1. The van der Waals surface area contributed by atoms with Crippen molar-refractivity contribution in [2.24, 2.45) is 0 Å². The van der Waals surface area contributed by atoms with Crippen LogP contribution < -0.4 is 11.1 Å². The molecular formula is C13H13ClN4O. The third kappa shape index (κ3) is 1.96. The molecule has 0 unspecified atom stereocenters. The topological polar surface area (TPSA) is 72.9 Å². The molecule has 5 nitrogen and oxygen atoms in total. The lowest BCUT2D eigenvalue weighted by atomic mass is 10.1. The summed E-state index contributed by atoms with van der Waals surface area (Å²) in [5.74, 6) is -0.107. The van der Waals surface area contributed by atoms with Gasteiger partial charge < -0.3 is 11.1 Å². The number of nitrogens with two attached hydrogens (primary N) is 1. The highest BCUT2D eigenvalue weighted by atomic mass is 35.5. The summed E-state index contributed by atoms with van der Waals surface area (Å²) >= 11 is 5.88. The van der Waals surface area contributed by atoms with E-state index < -0.39 is 0 Å². The van der Waals surface area contributed by atoms with Crippen molar-refractivity contribution >= 4 is 23.2 Å². The summed E-state index contributed by atoms with van der Waals surface area (Å²) < 4.78 is 1.74. The van der Waals surface area contributed by atoms with Crippen LogP contribution in [0.5, 0.6) is 0 Å². The Hall–Kier alpha value is -2.01. The summed E-state index contributed by atoms with van der Waals surface area (Å²) in [6.07, 6.45) is 0. The fourth-order valence-corrected chi connectivity index (χ4v) is 2.40. The number of rotatable bonds is 1. The Morgan fingerprint density at radius 2 is 2.26 bits per heavy atom. The maximum Gasteiger partial charge on any atom is 0.269 e. The Morgan fingerprint density at radius 3 is 2.95 bits per heavy atom. The zero-order valence-electron chi connectivity index (χ0n) is 10.4. The van der Waals surface area contributed by atoms with Gasteiger partial charge >= 0.3 is 0 Å². The minimum atomic E-state index is -0.107. The van der Waals surface area contributed by atoms with Crippen LogP contribution in [-0.2, 0) is 0 Å². The third-order valence-corrected chi connectivity index (χ3v) is 3.47. The van der Waals surface area contributed by atoms with E-state index in [1.165, 1.54) is 0 Å². The number of hydrogen-bond donors (Lipinski definition) is 2. The maximum absolute atomic E-state index is 11.8. The number of amides is 1. The second kappa shape index (κ2) is 4.28.